The van der Waals surface area contributed by atoms with Crippen LogP contribution in [0.25, 0.3) is 16.9 Å². The van der Waals surface area contributed by atoms with E-state index in [1.165, 1.54) is 0 Å². The maximum absolute atomic E-state index is 12.7. The average molecular weight is 597 g/mol. The number of halogens is 6. The molecule has 0 saturated carbocycles. The van der Waals surface area contributed by atoms with Crippen molar-refractivity contribution in [1.29, 1.82) is 0 Å². The number of alkyl halides is 6. The van der Waals surface area contributed by atoms with Gasteiger partial charge in [-0.3, -0.25) is 9.20 Å². The third-order valence-electron chi connectivity index (χ3n) is 4.91. The smallest absolute Gasteiger partial charge is 0.475 e. The van der Waals surface area contributed by atoms with Gasteiger partial charge in [-0.15, -0.1) is 0 Å². The SMILES string of the molecule is CN(C)CCNC(=O)c1nc(-c2ccn(CCN(C)C)c2)n2ccccc12.O=C(O)C(F)(F)F.O=C(O)C(F)(F)F. The molecule has 11 nitrogen and oxygen atoms in total. The Morgan fingerprint density at radius 1 is 0.878 bits per heavy atom. The minimum Gasteiger partial charge on any atom is -0.475 e. The van der Waals surface area contributed by atoms with E-state index in [0.29, 0.717) is 12.2 Å². The van der Waals surface area contributed by atoms with Gasteiger partial charge < -0.3 is 29.9 Å². The lowest BCUT2D eigenvalue weighted by Gasteiger charge is -2.09. The number of nitrogens with one attached hydrogen (secondary N) is 1. The Balaban J connectivity index is 0.000000497. The van der Waals surface area contributed by atoms with Gasteiger partial charge in [0.25, 0.3) is 5.91 Å². The fourth-order valence-electron chi connectivity index (χ4n) is 2.91. The van der Waals surface area contributed by atoms with Gasteiger partial charge in [0.05, 0.1) is 5.52 Å². The molecule has 1 amide bonds. The highest BCUT2D eigenvalue weighted by molar-refractivity contribution is 6.00. The molecule has 3 rings (SSSR count). The van der Waals surface area contributed by atoms with Gasteiger partial charge in [0.1, 0.15) is 5.82 Å². The first-order valence-corrected chi connectivity index (χ1v) is 11.7. The Hall–Kier alpha value is -4.12. The molecule has 228 valence electrons. The Morgan fingerprint density at radius 3 is 1.90 bits per heavy atom. The van der Waals surface area contributed by atoms with Gasteiger partial charge in [0, 0.05) is 50.3 Å². The molecular weight excluding hydrogens is 566 g/mol. The molecule has 0 radical (unpaired) electrons. The van der Waals surface area contributed by atoms with Gasteiger partial charge >= 0.3 is 24.3 Å². The van der Waals surface area contributed by atoms with Gasteiger partial charge in [-0.05, 0) is 46.4 Å². The van der Waals surface area contributed by atoms with E-state index in [4.69, 9.17) is 19.8 Å². The molecule has 0 aliphatic rings. The fraction of sp³-hybridized carbons (Fsp3) is 0.417. The predicted octanol–water partition coefficient (Wildman–Crippen LogP) is 2.92. The molecule has 0 aromatic carbocycles. The van der Waals surface area contributed by atoms with E-state index in [1.807, 2.05) is 53.9 Å². The molecule has 41 heavy (non-hydrogen) atoms. The molecule has 17 heteroatoms. The minimum absolute atomic E-state index is 0.140. The van der Waals surface area contributed by atoms with E-state index in [1.54, 1.807) is 0 Å². The third kappa shape index (κ3) is 11.9. The van der Waals surface area contributed by atoms with Crippen LogP contribution in [0.1, 0.15) is 10.5 Å². The molecule has 0 fully saturated rings. The summed E-state index contributed by atoms with van der Waals surface area (Å²) in [6, 6.07) is 7.86. The molecule has 0 atom stereocenters. The number of carboxylic acid groups (broad SMARTS) is 2. The van der Waals surface area contributed by atoms with Gasteiger partial charge in [0.15, 0.2) is 5.69 Å². The van der Waals surface area contributed by atoms with Crippen LogP contribution in [0.2, 0.25) is 0 Å². The van der Waals surface area contributed by atoms with Crippen LogP contribution in [-0.4, -0.2) is 112 Å². The van der Waals surface area contributed by atoms with Gasteiger partial charge in [-0.2, -0.15) is 26.3 Å². The van der Waals surface area contributed by atoms with Crippen molar-refractivity contribution in [3.63, 3.8) is 0 Å². The Bertz CT molecular complexity index is 1280. The van der Waals surface area contributed by atoms with Crippen LogP contribution in [0, 0.1) is 0 Å². The summed E-state index contributed by atoms with van der Waals surface area (Å²) < 4.78 is 67.6. The Labute approximate surface area is 230 Å². The number of carboxylic acids is 2. The van der Waals surface area contributed by atoms with Crippen molar-refractivity contribution in [1.82, 2.24) is 29.1 Å². The number of hydrogen-bond acceptors (Lipinski definition) is 6. The van der Waals surface area contributed by atoms with Crippen LogP contribution in [0.5, 0.6) is 0 Å². The molecule has 0 bridgehead atoms. The van der Waals surface area contributed by atoms with E-state index in [0.717, 1.165) is 36.5 Å². The number of carbonyl (C=O) groups excluding carboxylic acids is 1. The molecule has 3 N–H and O–H groups in total. The maximum atomic E-state index is 12.7. The second-order valence-corrected chi connectivity index (χ2v) is 8.85. The highest BCUT2D eigenvalue weighted by Gasteiger charge is 2.38. The van der Waals surface area contributed by atoms with Gasteiger partial charge in [-0.25, -0.2) is 14.6 Å². The first kappa shape index (κ1) is 34.9. The number of fused-ring (bicyclic) bond motifs is 1. The average Bonchev–Trinajstić information content (AvgIpc) is 3.47. The molecule has 3 heterocycles. The minimum atomic E-state index is -5.08. The van der Waals surface area contributed by atoms with Crippen LogP contribution in [0.15, 0.2) is 42.9 Å². The lowest BCUT2D eigenvalue weighted by molar-refractivity contribution is -0.193. The number of likely N-dealkylation sites (N-methyl/N-ethyl adjacent to an activating group) is 2. The lowest BCUT2D eigenvalue weighted by atomic mass is 10.3. The standard InChI is InChI=1S/C20H28N6O.2C2HF3O2/c1-23(2)12-9-21-20(27)18-17-7-5-6-10-26(17)19(22-18)16-8-11-25(15-16)14-13-24(3)4;2*3-2(4,5)1(6)7/h5-8,10-11,15H,9,12-14H2,1-4H3,(H,21,27);2*(H,6,7). The lowest BCUT2D eigenvalue weighted by Crippen LogP contribution is -2.31. The number of aliphatic carboxylic acids is 2. The van der Waals surface area contributed by atoms with Gasteiger partial charge in [0.2, 0.25) is 0 Å². The van der Waals surface area contributed by atoms with Crippen molar-refractivity contribution in [2.75, 3.05) is 47.8 Å². The quantitative estimate of drug-likeness (QED) is 0.339. The predicted molar refractivity (Wildman–Crippen MR) is 135 cm³/mol. The Morgan fingerprint density at radius 2 is 1.41 bits per heavy atom. The molecule has 3 aromatic rings. The normalized spacial score (nSPS) is 11.5. The first-order chi connectivity index (χ1) is 18.8. The van der Waals surface area contributed by atoms with Crippen molar-refractivity contribution in [2.24, 2.45) is 0 Å². The van der Waals surface area contributed by atoms with E-state index < -0.39 is 24.3 Å². The molecule has 0 spiro atoms. The maximum Gasteiger partial charge on any atom is 0.490 e. The number of amides is 1. The zero-order chi connectivity index (χ0) is 31.5. The zero-order valence-electron chi connectivity index (χ0n) is 22.5. The number of aromatic nitrogens is 3. The number of hydrogen-bond donors (Lipinski definition) is 3. The summed E-state index contributed by atoms with van der Waals surface area (Å²) in [7, 11) is 8.09. The number of nitrogens with zero attached hydrogens (tertiary/aromatic N) is 5. The van der Waals surface area contributed by atoms with Crippen LogP contribution >= 0.6 is 0 Å². The number of imidazole rings is 1. The highest BCUT2D eigenvalue weighted by atomic mass is 19.4. The van der Waals surface area contributed by atoms with E-state index in [-0.39, 0.29) is 5.91 Å². The summed E-state index contributed by atoms with van der Waals surface area (Å²) in [4.78, 5) is 39.3. The first-order valence-electron chi connectivity index (χ1n) is 11.7. The van der Waals surface area contributed by atoms with Crippen molar-refractivity contribution in [2.45, 2.75) is 18.9 Å². The Kier molecular flexibility index (Phi) is 12.8. The second-order valence-electron chi connectivity index (χ2n) is 8.85. The summed E-state index contributed by atoms with van der Waals surface area (Å²) >= 11 is 0. The molecule has 3 aromatic heterocycles. The molecule has 0 saturated heterocycles. The monoisotopic (exact) mass is 596 g/mol. The third-order valence-corrected chi connectivity index (χ3v) is 4.91. The highest BCUT2D eigenvalue weighted by Crippen LogP contribution is 2.23. The van der Waals surface area contributed by atoms with Crippen LogP contribution in [0.3, 0.4) is 0 Å². The largest absolute Gasteiger partial charge is 0.490 e. The van der Waals surface area contributed by atoms with E-state index >= 15 is 0 Å². The van der Waals surface area contributed by atoms with E-state index in [2.05, 4.69) is 46.3 Å². The van der Waals surface area contributed by atoms with Crippen LogP contribution < -0.4 is 5.32 Å². The van der Waals surface area contributed by atoms with Crippen molar-refractivity contribution in [3.8, 4) is 11.4 Å². The topological polar surface area (TPSA) is 132 Å². The second kappa shape index (κ2) is 15.0. The molecule has 0 unspecified atom stereocenters. The number of carbonyl (C=O) groups is 3. The van der Waals surface area contributed by atoms with Crippen molar-refractivity contribution < 1.29 is 50.9 Å². The summed E-state index contributed by atoms with van der Waals surface area (Å²) in [5.74, 6) is -4.87. The zero-order valence-corrected chi connectivity index (χ0v) is 22.5. The summed E-state index contributed by atoms with van der Waals surface area (Å²) in [5.41, 5.74) is 2.28. The van der Waals surface area contributed by atoms with Crippen LogP contribution in [0.4, 0.5) is 26.3 Å². The van der Waals surface area contributed by atoms with Crippen LogP contribution in [-0.2, 0) is 16.1 Å². The number of pyridine rings is 1. The summed E-state index contributed by atoms with van der Waals surface area (Å²) in [6.07, 6.45) is -4.08. The summed E-state index contributed by atoms with van der Waals surface area (Å²) in [6.45, 7) is 3.26. The molecule has 0 aliphatic heterocycles. The van der Waals surface area contributed by atoms with Gasteiger partial charge in [-0.1, -0.05) is 6.07 Å². The molecule has 0 aliphatic carbocycles. The fourth-order valence-corrected chi connectivity index (χ4v) is 2.91. The molecular formula is C24H30F6N6O5. The van der Waals surface area contributed by atoms with Crippen molar-refractivity contribution in [3.05, 3.63) is 48.5 Å². The van der Waals surface area contributed by atoms with E-state index in [9.17, 15) is 31.1 Å². The number of rotatable bonds is 8. The summed E-state index contributed by atoms with van der Waals surface area (Å²) in [5, 5.41) is 17.2. The van der Waals surface area contributed by atoms with Crippen molar-refractivity contribution >= 4 is 23.4 Å².